The van der Waals surface area contributed by atoms with Gasteiger partial charge >= 0.3 is 0 Å². The Morgan fingerprint density at radius 1 is 0.354 bits per heavy atom. The van der Waals surface area contributed by atoms with E-state index < -0.39 is 39.2 Å². The molecule has 0 aliphatic heterocycles. The van der Waals surface area contributed by atoms with Crippen LogP contribution in [0.15, 0.2) is 182 Å². The molecule has 99 heavy (non-hydrogen) atoms. The van der Waals surface area contributed by atoms with E-state index in [1.807, 2.05) is 59.1 Å². The summed E-state index contributed by atoms with van der Waals surface area (Å²) in [6.07, 6.45) is 15.9. The zero-order valence-corrected chi connectivity index (χ0v) is 57.4. The highest BCUT2D eigenvalue weighted by molar-refractivity contribution is 6.15. The maximum Gasteiger partial charge on any atom is 0.214 e. The van der Waals surface area contributed by atoms with Crippen LogP contribution in [0.4, 0.5) is 0 Å². The first kappa shape index (κ1) is 53.6. The standard InChI is InChI=1S/C33H37N2.C31H33N2.C26H25N2.3CH4/c1-21-7-10-27(22(2)15-21)30-19-32-29(20-34(30)5)28-17-25-9-8-24(16-26(25)18-31(28)35(32)6)23-11-13-33(3,4)14-12-23;1-20-10-13-26(21(2)14-20)29-18-31-28(19-32(29)3)27-16-24-12-11-23(22-8-6-5-7-9-22)15-25(24)17-30(27)33(31)4;1-16-7-9-21(18(3)10-16)24-14-26-23(15-27(24)4)22-12-20-11-17(2)6-8-19(20)13-25(22)28(26)5;;;/h7-10,15-20,23H,11-14H2,1-6H3;10-19,22H,5-9H2,1-4H3;6-15H,1-5H3;3*1H4/q3*+1;;;/i1D3,23D;1D3,22D;1D3,2D3;;;. The van der Waals surface area contributed by atoms with Crippen molar-refractivity contribution in [2.75, 3.05) is 0 Å². The van der Waals surface area contributed by atoms with E-state index in [1.54, 1.807) is 48.5 Å². The minimum Gasteiger partial charge on any atom is -0.343 e. The molecule has 2 aliphatic carbocycles. The molecule has 0 saturated heterocycles. The first-order valence-electron chi connectivity index (χ1n) is 41.1. The van der Waals surface area contributed by atoms with Gasteiger partial charge in [-0.3, -0.25) is 0 Å². The van der Waals surface area contributed by atoms with Crippen LogP contribution < -0.4 is 13.7 Å². The topological polar surface area (TPSA) is 26.4 Å². The third-order valence-corrected chi connectivity index (χ3v) is 21.6. The van der Waals surface area contributed by atoms with Gasteiger partial charge in [-0.15, -0.1) is 0 Å². The molecule has 0 radical (unpaired) electrons. The fourth-order valence-electron chi connectivity index (χ4n) is 16.0. The summed E-state index contributed by atoms with van der Waals surface area (Å²) in [4.78, 5) is 0. The molecule has 0 unspecified atom stereocenters. The van der Waals surface area contributed by atoms with E-state index in [2.05, 4.69) is 179 Å². The highest BCUT2D eigenvalue weighted by atomic mass is 15.0. The first-order chi connectivity index (χ1) is 51.6. The van der Waals surface area contributed by atoms with Gasteiger partial charge in [-0.05, 0) is 219 Å². The summed E-state index contributed by atoms with van der Waals surface area (Å²) < 4.78 is 124. The monoisotopic (exact) mass is 1320 g/mol. The molecule has 2 saturated carbocycles. The predicted octanol–water partition coefficient (Wildman–Crippen LogP) is 23.7. The molecule has 506 valence electrons. The van der Waals surface area contributed by atoms with Crippen molar-refractivity contribution >= 4 is 97.7 Å². The number of aromatic nitrogens is 6. The molecule has 6 nitrogen and oxygen atoms in total. The highest BCUT2D eigenvalue weighted by Gasteiger charge is 2.29. The predicted molar refractivity (Wildman–Crippen MR) is 428 cm³/mol. The van der Waals surface area contributed by atoms with Crippen LogP contribution in [0.3, 0.4) is 0 Å². The number of hydrogen-bond acceptors (Lipinski definition) is 0. The molecule has 2 fully saturated rings. The van der Waals surface area contributed by atoms with Crippen molar-refractivity contribution in [3.63, 3.8) is 0 Å². The minimum absolute atomic E-state index is 0. The largest absolute Gasteiger partial charge is 0.343 e. The van der Waals surface area contributed by atoms with E-state index >= 15 is 0 Å². The van der Waals surface area contributed by atoms with Crippen LogP contribution in [-0.2, 0) is 42.3 Å². The average molecular weight is 1320 g/mol. The lowest BCUT2D eigenvalue weighted by atomic mass is 9.71. The molecule has 0 bridgehead atoms. The number of rotatable bonds is 5. The Morgan fingerprint density at radius 3 is 1.05 bits per heavy atom. The molecule has 6 heterocycles. The lowest BCUT2D eigenvalue weighted by molar-refractivity contribution is -0.659. The molecule has 6 heteroatoms. The van der Waals surface area contributed by atoms with Gasteiger partial charge in [-0.1, -0.05) is 169 Å². The Kier molecular flexibility index (Phi) is 14.6. The van der Waals surface area contributed by atoms with Gasteiger partial charge in [-0.2, -0.15) is 0 Å². The molecule has 2 aliphatic rings. The molecule has 0 atom stereocenters. The summed E-state index contributed by atoms with van der Waals surface area (Å²) >= 11 is 0. The fourth-order valence-corrected chi connectivity index (χ4v) is 16.0. The smallest absolute Gasteiger partial charge is 0.214 e. The molecule has 6 aromatic heterocycles. The zero-order valence-electron chi connectivity index (χ0n) is 71.4. The molecule has 15 aromatic rings. The van der Waals surface area contributed by atoms with Crippen molar-refractivity contribution in [1.29, 1.82) is 0 Å². The van der Waals surface area contributed by atoms with E-state index in [9.17, 15) is 1.37 Å². The normalized spacial score (nSPS) is 17.4. The van der Waals surface area contributed by atoms with E-state index in [0.717, 1.165) is 157 Å². The van der Waals surface area contributed by atoms with Crippen molar-refractivity contribution in [3.05, 3.63) is 232 Å². The summed E-state index contributed by atoms with van der Waals surface area (Å²) in [6.45, 7) is 2.04. The van der Waals surface area contributed by atoms with E-state index in [4.69, 9.17) is 17.8 Å². The molecule has 0 spiro atoms. The minimum atomic E-state index is -2.14. The zero-order chi connectivity index (χ0) is 78.6. The van der Waals surface area contributed by atoms with Crippen LogP contribution in [0.1, 0.15) is 175 Å². The third kappa shape index (κ3) is 12.7. The summed E-state index contributed by atoms with van der Waals surface area (Å²) in [5, 5.41) is 13.6. The van der Waals surface area contributed by atoms with Gasteiger partial charge in [0.2, 0.25) is 17.1 Å². The van der Waals surface area contributed by atoms with Crippen LogP contribution >= 0.6 is 0 Å². The number of benzene rings is 9. The lowest BCUT2D eigenvalue weighted by Crippen LogP contribution is -2.30. The van der Waals surface area contributed by atoms with Crippen molar-refractivity contribution in [2.45, 2.75) is 154 Å². The van der Waals surface area contributed by atoms with Gasteiger partial charge < -0.3 is 13.7 Å². The van der Waals surface area contributed by atoms with E-state index in [0.29, 0.717) is 27.7 Å². The van der Waals surface area contributed by atoms with Gasteiger partial charge in [0.1, 0.15) is 21.1 Å². The van der Waals surface area contributed by atoms with Gasteiger partial charge in [0.05, 0.1) is 32.7 Å². The third-order valence-electron chi connectivity index (χ3n) is 21.6. The Balaban J connectivity index is 0.000000155. The second kappa shape index (κ2) is 27.0. The van der Waals surface area contributed by atoms with E-state index in [1.165, 1.54) is 60.5 Å². The van der Waals surface area contributed by atoms with Gasteiger partial charge in [-0.25, -0.2) is 13.7 Å². The summed E-state index contributed by atoms with van der Waals surface area (Å²) in [6, 6.07) is 54.5. The summed E-state index contributed by atoms with van der Waals surface area (Å²) in [5.41, 5.74) is 19.7. The SMILES string of the molecule is C.C.C.[2H]C([2H])([2H])c1ccc(-c2cc3c(c[n+]2C)c2cc4cc(C([2H])([2H])[2H])ccc4cc2n3C)c(C)c1.[2H]C([2H])([2H])c1ccc(-c2cc3c(c[n+]2C)c2cc4ccc(C5([2H])CCC(C)(C)CC5)cc4cc2n3C)c(C)c1.[2H]C([2H])([2H])c1ccc(-c2cc3c(c[n+]2C)c2cc4ccc(C5([2H])CCCCC5)cc4cc2n3C)c(C)c1. The Morgan fingerprint density at radius 2 is 0.667 bits per heavy atom. The summed E-state index contributed by atoms with van der Waals surface area (Å²) in [7, 11) is 12.3. The molecular formula is C93H107N6+3. The lowest BCUT2D eigenvalue weighted by Gasteiger charge is -2.34. The fraction of sp³-hybridized carbons (Fsp3) is 0.323. The quantitative estimate of drug-likeness (QED) is 0.154. The number of nitrogens with zero attached hydrogens (tertiary/aromatic N) is 6. The maximum absolute atomic E-state index is 9.26. The van der Waals surface area contributed by atoms with Gasteiger partial charge in [0.25, 0.3) is 0 Å². The van der Waals surface area contributed by atoms with Gasteiger partial charge in [0, 0.05) is 108 Å². The Hall–Kier alpha value is -9.39. The van der Waals surface area contributed by atoms with Crippen LogP contribution in [-0.4, -0.2) is 13.7 Å². The number of aryl methyl sites for hydroxylation is 13. The second-order valence-corrected chi connectivity index (χ2v) is 28.7. The average Bonchev–Trinajstić information content (AvgIpc) is 1.59. The highest BCUT2D eigenvalue weighted by Crippen LogP contribution is 2.44. The van der Waals surface area contributed by atoms with Crippen LogP contribution in [0.2, 0.25) is 0 Å². The van der Waals surface area contributed by atoms with Crippen LogP contribution in [0.25, 0.3) is 132 Å². The van der Waals surface area contributed by atoms with Crippen molar-refractivity contribution in [2.24, 2.45) is 47.7 Å². The molecule has 0 N–H and O–H groups in total. The molecule has 17 rings (SSSR count). The van der Waals surface area contributed by atoms with Crippen molar-refractivity contribution in [1.82, 2.24) is 13.7 Å². The number of pyridine rings is 3. The molecular weight excluding hydrogens is 1200 g/mol. The second-order valence-electron chi connectivity index (χ2n) is 28.7. The number of hydrogen-bond donors (Lipinski definition) is 0. The van der Waals surface area contributed by atoms with Crippen LogP contribution in [0, 0.1) is 53.6 Å². The maximum atomic E-state index is 9.26. The first-order valence-corrected chi connectivity index (χ1v) is 34.1. The number of fused-ring (bicyclic) bond motifs is 12. The molecule has 0 amide bonds. The Labute approximate surface area is 609 Å². The van der Waals surface area contributed by atoms with Crippen molar-refractivity contribution < 1.29 is 32.9 Å². The van der Waals surface area contributed by atoms with Crippen LogP contribution in [0.5, 0.6) is 0 Å². The Bertz CT molecular complexity index is 6260. The summed E-state index contributed by atoms with van der Waals surface area (Å²) in [5.74, 6) is -0.969. The van der Waals surface area contributed by atoms with E-state index in [-0.39, 0.29) is 22.3 Å². The molecule has 9 aromatic carbocycles. The van der Waals surface area contributed by atoms with Gasteiger partial charge in [0.15, 0.2) is 18.6 Å². The van der Waals surface area contributed by atoms with Crippen molar-refractivity contribution in [3.8, 4) is 33.8 Å².